The van der Waals surface area contributed by atoms with Crippen LogP contribution in [0.3, 0.4) is 0 Å². The van der Waals surface area contributed by atoms with Crippen LogP contribution in [0.1, 0.15) is 29.5 Å². The van der Waals surface area contributed by atoms with E-state index in [0.717, 1.165) is 19.6 Å². The second-order valence-corrected chi connectivity index (χ2v) is 8.37. The van der Waals surface area contributed by atoms with Gasteiger partial charge in [-0.25, -0.2) is 0 Å². The van der Waals surface area contributed by atoms with E-state index in [1.54, 1.807) is 49.4 Å². The zero-order chi connectivity index (χ0) is 24.1. The number of rotatable bonds is 9. The molecule has 1 N–H and O–H groups in total. The summed E-state index contributed by atoms with van der Waals surface area (Å²) in [6, 6.07) is 9.46. The molecule has 0 bridgehead atoms. The van der Waals surface area contributed by atoms with Crippen molar-refractivity contribution in [1.29, 1.82) is 0 Å². The lowest BCUT2D eigenvalue weighted by atomic mass is 9.99. The minimum atomic E-state index is -0.782. The van der Waals surface area contributed by atoms with Gasteiger partial charge in [0, 0.05) is 31.7 Å². The third-order valence-corrected chi connectivity index (χ3v) is 6.04. The summed E-state index contributed by atoms with van der Waals surface area (Å²) in [5.74, 6) is 0.151. The number of likely N-dealkylation sites (tertiary alicyclic amines) is 1. The maximum Gasteiger partial charge on any atom is 0.295 e. The molecule has 2 aliphatic heterocycles. The third-order valence-electron chi connectivity index (χ3n) is 6.04. The second-order valence-electron chi connectivity index (χ2n) is 8.37. The Labute approximate surface area is 199 Å². The van der Waals surface area contributed by atoms with Crippen molar-refractivity contribution in [3.05, 3.63) is 71.7 Å². The van der Waals surface area contributed by atoms with Gasteiger partial charge in [-0.05, 0) is 49.7 Å². The number of carbonyl (C=O) groups is 2. The largest absolute Gasteiger partial charge is 0.507 e. The molecule has 2 fully saturated rings. The van der Waals surface area contributed by atoms with Crippen molar-refractivity contribution in [3.8, 4) is 5.75 Å². The first-order valence-electron chi connectivity index (χ1n) is 11.5. The highest BCUT2D eigenvalue weighted by Gasteiger charge is 2.47. The van der Waals surface area contributed by atoms with Crippen LogP contribution in [0.4, 0.5) is 0 Å². The normalized spacial score (nSPS) is 20.6. The molecule has 8 nitrogen and oxygen atoms in total. The van der Waals surface area contributed by atoms with Gasteiger partial charge in [0.1, 0.15) is 35.7 Å². The smallest absolute Gasteiger partial charge is 0.295 e. The van der Waals surface area contributed by atoms with Crippen molar-refractivity contribution >= 4 is 17.4 Å². The van der Waals surface area contributed by atoms with Crippen LogP contribution in [0.5, 0.6) is 5.75 Å². The van der Waals surface area contributed by atoms with Gasteiger partial charge in [-0.1, -0.05) is 12.7 Å². The average molecular weight is 467 g/mol. The maximum atomic E-state index is 13.1. The average Bonchev–Trinajstić information content (AvgIpc) is 3.39. The summed E-state index contributed by atoms with van der Waals surface area (Å²) in [6.45, 7) is 10.1. The lowest BCUT2D eigenvalue weighted by molar-refractivity contribution is -0.140. The molecule has 4 rings (SSSR count). The summed E-state index contributed by atoms with van der Waals surface area (Å²) in [7, 11) is 0. The van der Waals surface area contributed by atoms with Crippen molar-refractivity contribution in [2.45, 2.75) is 19.4 Å². The van der Waals surface area contributed by atoms with Crippen LogP contribution in [-0.2, 0) is 14.3 Å². The maximum absolute atomic E-state index is 13.1. The Bertz CT molecular complexity index is 1070. The van der Waals surface area contributed by atoms with Crippen LogP contribution in [0, 0.1) is 6.92 Å². The highest BCUT2D eigenvalue weighted by Crippen LogP contribution is 2.40. The van der Waals surface area contributed by atoms with Gasteiger partial charge in [0.25, 0.3) is 11.7 Å². The Hall–Kier alpha value is -3.36. The van der Waals surface area contributed by atoms with Gasteiger partial charge < -0.3 is 23.9 Å². The number of aliphatic hydroxyl groups is 1. The van der Waals surface area contributed by atoms with E-state index in [4.69, 9.17) is 13.9 Å². The molecule has 1 atom stereocenters. The molecule has 1 aromatic carbocycles. The number of morpholine rings is 1. The molecule has 1 amide bonds. The first kappa shape index (κ1) is 23.8. The monoisotopic (exact) mass is 466 g/mol. The van der Waals surface area contributed by atoms with Gasteiger partial charge >= 0.3 is 0 Å². The van der Waals surface area contributed by atoms with Gasteiger partial charge in [-0.3, -0.25) is 14.5 Å². The molecule has 8 heteroatoms. The predicted molar refractivity (Wildman–Crippen MR) is 126 cm³/mol. The minimum absolute atomic E-state index is 0.0329. The molecule has 0 radical (unpaired) electrons. The van der Waals surface area contributed by atoms with E-state index in [2.05, 4.69) is 11.5 Å². The standard InChI is InChI=1S/C26H30N2O6/c1-3-15-33-20-8-6-19(7-9-20)24(29)22-23(21-10-5-18(2)34-21)28(26(31)25(22)30)12-4-11-27-13-16-32-17-14-27/h3,5-10,23,29H,1,4,11-17H2,2H3/t23-/m1/s1. The number of aryl methyl sites for hydroxylation is 1. The van der Waals surface area contributed by atoms with Crippen LogP contribution in [0.2, 0.25) is 0 Å². The van der Waals surface area contributed by atoms with E-state index in [1.807, 2.05) is 0 Å². The van der Waals surface area contributed by atoms with Gasteiger partial charge in [0.2, 0.25) is 0 Å². The van der Waals surface area contributed by atoms with Crippen molar-refractivity contribution in [3.63, 3.8) is 0 Å². The van der Waals surface area contributed by atoms with Gasteiger partial charge in [-0.2, -0.15) is 0 Å². The number of nitrogens with zero attached hydrogens (tertiary/aromatic N) is 2. The fraction of sp³-hybridized carbons (Fsp3) is 0.385. The fourth-order valence-corrected chi connectivity index (χ4v) is 4.32. The Morgan fingerprint density at radius 3 is 2.53 bits per heavy atom. The molecular weight excluding hydrogens is 436 g/mol. The molecular formula is C26H30N2O6. The number of carbonyl (C=O) groups excluding carboxylic acids is 2. The van der Waals surface area contributed by atoms with Crippen molar-refractivity contribution in [1.82, 2.24) is 9.80 Å². The fourth-order valence-electron chi connectivity index (χ4n) is 4.32. The summed E-state index contributed by atoms with van der Waals surface area (Å²) in [6.07, 6.45) is 2.33. The highest BCUT2D eigenvalue weighted by atomic mass is 16.5. The number of Topliss-reactive ketones (excluding diaryl/α,β-unsaturated/α-hetero) is 1. The summed E-state index contributed by atoms with van der Waals surface area (Å²) >= 11 is 0. The molecule has 0 aliphatic carbocycles. The van der Waals surface area contributed by atoms with Crippen molar-refractivity contribution < 1.29 is 28.6 Å². The summed E-state index contributed by atoms with van der Waals surface area (Å²) < 4.78 is 16.7. The molecule has 2 aliphatic rings. The molecule has 0 spiro atoms. The SMILES string of the molecule is C=CCOc1ccc(C(O)=C2C(=O)C(=O)N(CCCN3CCOCC3)[C@@H]2c2ccc(C)o2)cc1. The predicted octanol–water partition coefficient (Wildman–Crippen LogP) is 3.30. The van der Waals surface area contributed by atoms with E-state index in [0.29, 0.717) is 55.6 Å². The Morgan fingerprint density at radius 2 is 1.88 bits per heavy atom. The Kier molecular flexibility index (Phi) is 7.49. The van der Waals surface area contributed by atoms with E-state index in [1.165, 1.54) is 4.90 Å². The third kappa shape index (κ3) is 5.08. The van der Waals surface area contributed by atoms with Crippen LogP contribution in [0.15, 0.2) is 59.0 Å². The molecule has 2 aromatic rings. The number of ketones is 1. The number of aliphatic hydroxyl groups excluding tert-OH is 1. The number of ether oxygens (including phenoxy) is 2. The molecule has 3 heterocycles. The minimum Gasteiger partial charge on any atom is -0.507 e. The zero-order valence-electron chi connectivity index (χ0n) is 19.4. The highest BCUT2D eigenvalue weighted by molar-refractivity contribution is 6.46. The molecule has 180 valence electrons. The molecule has 0 saturated carbocycles. The van der Waals surface area contributed by atoms with Crippen molar-refractivity contribution in [2.24, 2.45) is 0 Å². The summed E-state index contributed by atoms with van der Waals surface area (Å²) in [5, 5.41) is 11.1. The Morgan fingerprint density at radius 1 is 1.15 bits per heavy atom. The number of hydrogen-bond acceptors (Lipinski definition) is 7. The van der Waals surface area contributed by atoms with Gasteiger partial charge in [0.15, 0.2) is 0 Å². The van der Waals surface area contributed by atoms with Crippen molar-refractivity contribution in [2.75, 3.05) is 46.0 Å². The van der Waals surface area contributed by atoms with Crippen LogP contribution in [-0.4, -0.2) is 72.6 Å². The first-order valence-corrected chi connectivity index (χ1v) is 11.5. The van der Waals surface area contributed by atoms with Crippen LogP contribution < -0.4 is 4.74 Å². The van der Waals surface area contributed by atoms with Crippen LogP contribution in [0.25, 0.3) is 5.76 Å². The molecule has 34 heavy (non-hydrogen) atoms. The molecule has 1 aromatic heterocycles. The van der Waals surface area contributed by atoms with E-state index >= 15 is 0 Å². The number of furan rings is 1. The first-order chi connectivity index (χ1) is 16.5. The zero-order valence-corrected chi connectivity index (χ0v) is 19.4. The van der Waals surface area contributed by atoms with E-state index in [9.17, 15) is 14.7 Å². The van der Waals surface area contributed by atoms with Gasteiger partial charge in [0.05, 0.1) is 18.8 Å². The van der Waals surface area contributed by atoms with Crippen LogP contribution >= 0.6 is 0 Å². The summed E-state index contributed by atoms with van der Waals surface area (Å²) in [4.78, 5) is 29.9. The lowest BCUT2D eigenvalue weighted by Gasteiger charge is -2.28. The summed E-state index contributed by atoms with van der Waals surface area (Å²) in [5.41, 5.74) is 0.455. The van der Waals surface area contributed by atoms with E-state index < -0.39 is 17.7 Å². The lowest BCUT2D eigenvalue weighted by Crippen LogP contribution is -2.38. The number of benzene rings is 1. The molecule has 0 unspecified atom stereocenters. The topological polar surface area (TPSA) is 92.5 Å². The molecule has 2 saturated heterocycles. The van der Waals surface area contributed by atoms with Gasteiger partial charge in [-0.15, -0.1) is 0 Å². The quantitative estimate of drug-likeness (QED) is 0.262. The number of amides is 1. The second kappa shape index (κ2) is 10.7. The Balaban J connectivity index is 1.61. The van der Waals surface area contributed by atoms with E-state index in [-0.39, 0.29) is 11.3 Å². The number of hydrogen-bond donors (Lipinski definition) is 1.